The van der Waals surface area contributed by atoms with Gasteiger partial charge >= 0.3 is 0 Å². The monoisotopic (exact) mass is 473 g/mol. The van der Waals surface area contributed by atoms with Crippen LogP contribution in [-0.4, -0.2) is 38.8 Å². The lowest BCUT2D eigenvalue weighted by molar-refractivity contribution is 0.385. The number of aromatic nitrogens is 1. The number of hydrogen-bond donors (Lipinski definition) is 1. The van der Waals surface area contributed by atoms with Crippen LogP contribution in [-0.2, 0) is 9.84 Å². The highest BCUT2D eigenvalue weighted by Crippen LogP contribution is 2.29. The van der Waals surface area contributed by atoms with Gasteiger partial charge in [0.15, 0.2) is 9.84 Å². The summed E-state index contributed by atoms with van der Waals surface area (Å²) < 4.78 is 38.1. The van der Waals surface area contributed by atoms with E-state index in [1.807, 2.05) is 24.3 Å². The van der Waals surface area contributed by atoms with Crippen LogP contribution >= 0.6 is 11.6 Å². The number of benzene rings is 2. The molecule has 1 aliphatic rings. The fourth-order valence-corrected chi connectivity index (χ4v) is 4.88. The molecule has 8 heteroatoms. The molecule has 1 saturated heterocycles. The maximum absolute atomic E-state index is 14.7. The van der Waals surface area contributed by atoms with Crippen LogP contribution in [0.25, 0.3) is 0 Å². The molecule has 0 bridgehead atoms. The molecule has 168 valence electrons. The fraction of sp³-hybridized carbons (Fsp3) is 0.292. The van der Waals surface area contributed by atoms with Gasteiger partial charge < -0.3 is 10.2 Å². The molecule has 32 heavy (non-hydrogen) atoms. The van der Waals surface area contributed by atoms with Gasteiger partial charge in [-0.3, -0.25) is 4.98 Å². The van der Waals surface area contributed by atoms with E-state index < -0.39 is 9.84 Å². The summed E-state index contributed by atoms with van der Waals surface area (Å²) in [5.41, 5.74) is 2.44. The Hall–Kier alpha value is -2.48. The standard InChI is InChI=1S/C24H25ClFN3O2S/c1-32(30,31)21-7-5-20(6-8-21)29-13-10-19(11-14-29)28-24(17-3-2-12-27-16-17)22-9-4-18(25)15-23(22)26/h2-9,12,15-16,19,24,28H,10-11,13-14H2,1H3. The lowest BCUT2D eigenvalue weighted by Crippen LogP contribution is -2.44. The van der Waals surface area contributed by atoms with Crippen molar-refractivity contribution in [2.75, 3.05) is 24.2 Å². The highest BCUT2D eigenvalue weighted by Gasteiger charge is 2.25. The minimum atomic E-state index is -3.20. The molecule has 0 amide bonds. The van der Waals surface area contributed by atoms with Gasteiger partial charge in [0.25, 0.3) is 0 Å². The minimum Gasteiger partial charge on any atom is -0.371 e. The second kappa shape index (κ2) is 9.57. The van der Waals surface area contributed by atoms with Crippen molar-refractivity contribution in [1.29, 1.82) is 0 Å². The molecule has 1 aliphatic heterocycles. The van der Waals surface area contributed by atoms with E-state index in [0.717, 1.165) is 37.2 Å². The van der Waals surface area contributed by atoms with Crippen molar-refractivity contribution in [3.05, 3.63) is 89.0 Å². The Balaban J connectivity index is 1.47. The van der Waals surface area contributed by atoms with E-state index in [4.69, 9.17) is 11.6 Å². The number of anilines is 1. The number of sulfone groups is 1. The minimum absolute atomic E-state index is 0.196. The normalized spacial score (nSPS) is 16.2. The predicted molar refractivity (Wildman–Crippen MR) is 125 cm³/mol. The van der Waals surface area contributed by atoms with Crippen LogP contribution in [0.15, 0.2) is 71.9 Å². The molecular weight excluding hydrogens is 449 g/mol. The number of rotatable bonds is 6. The third-order valence-corrected chi connectivity index (χ3v) is 7.18. The molecule has 0 radical (unpaired) electrons. The number of piperidine rings is 1. The molecule has 1 N–H and O–H groups in total. The second-order valence-corrected chi connectivity index (χ2v) is 10.5. The summed E-state index contributed by atoms with van der Waals surface area (Å²) in [6.07, 6.45) is 6.41. The van der Waals surface area contributed by atoms with Crippen molar-refractivity contribution in [2.45, 2.75) is 29.8 Å². The molecule has 2 heterocycles. The Kier molecular flexibility index (Phi) is 6.79. The largest absolute Gasteiger partial charge is 0.371 e. The van der Waals surface area contributed by atoms with Crippen molar-refractivity contribution < 1.29 is 12.8 Å². The van der Waals surface area contributed by atoms with Crippen molar-refractivity contribution in [3.63, 3.8) is 0 Å². The fourth-order valence-electron chi connectivity index (χ4n) is 4.09. The van der Waals surface area contributed by atoms with E-state index in [2.05, 4.69) is 15.2 Å². The van der Waals surface area contributed by atoms with Crippen LogP contribution in [0.4, 0.5) is 10.1 Å². The third-order valence-electron chi connectivity index (χ3n) is 5.82. The number of hydrogen-bond acceptors (Lipinski definition) is 5. The molecule has 1 unspecified atom stereocenters. The van der Waals surface area contributed by atoms with Gasteiger partial charge in [-0.2, -0.15) is 0 Å². The number of halogens is 2. The zero-order chi connectivity index (χ0) is 22.7. The smallest absolute Gasteiger partial charge is 0.175 e. The van der Waals surface area contributed by atoms with Gasteiger partial charge in [0.05, 0.1) is 10.9 Å². The summed E-state index contributed by atoms with van der Waals surface area (Å²) in [7, 11) is -3.20. The van der Waals surface area contributed by atoms with E-state index in [-0.39, 0.29) is 17.9 Å². The van der Waals surface area contributed by atoms with Crippen molar-refractivity contribution in [1.82, 2.24) is 10.3 Å². The van der Waals surface area contributed by atoms with Crippen molar-refractivity contribution >= 4 is 27.1 Å². The van der Waals surface area contributed by atoms with Crippen LogP contribution in [0.1, 0.15) is 30.0 Å². The third kappa shape index (κ3) is 5.28. The van der Waals surface area contributed by atoms with Crippen LogP contribution < -0.4 is 10.2 Å². The van der Waals surface area contributed by atoms with Gasteiger partial charge in [-0.25, -0.2) is 12.8 Å². The first kappa shape index (κ1) is 22.7. The summed E-state index contributed by atoms with van der Waals surface area (Å²) in [5.74, 6) is -0.345. The lowest BCUT2D eigenvalue weighted by atomic mass is 9.96. The van der Waals surface area contributed by atoms with Gasteiger partial charge in [-0.1, -0.05) is 23.7 Å². The predicted octanol–water partition coefficient (Wildman–Crippen LogP) is 4.63. The van der Waals surface area contributed by atoms with E-state index in [9.17, 15) is 12.8 Å². The van der Waals surface area contributed by atoms with Gasteiger partial charge in [0.2, 0.25) is 0 Å². The number of nitrogens with zero attached hydrogens (tertiary/aromatic N) is 2. The summed E-state index contributed by atoms with van der Waals surface area (Å²) in [4.78, 5) is 6.77. The Morgan fingerprint density at radius 1 is 1.12 bits per heavy atom. The maximum Gasteiger partial charge on any atom is 0.175 e. The van der Waals surface area contributed by atoms with E-state index in [0.29, 0.717) is 15.5 Å². The first-order chi connectivity index (χ1) is 15.3. The Bertz CT molecular complexity index is 1170. The molecule has 3 aromatic rings. The van der Waals surface area contributed by atoms with Gasteiger partial charge in [-0.15, -0.1) is 0 Å². The summed E-state index contributed by atoms with van der Waals surface area (Å²) >= 11 is 5.96. The van der Waals surface area contributed by atoms with E-state index >= 15 is 0 Å². The molecule has 0 aliphatic carbocycles. The quantitative estimate of drug-likeness (QED) is 0.565. The van der Waals surface area contributed by atoms with Crippen molar-refractivity contribution in [2.24, 2.45) is 0 Å². The SMILES string of the molecule is CS(=O)(=O)c1ccc(N2CCC(NC(c3cccnc3)c3ccc(Cl)cc3F)CC2)cc1. The number of pyridine rings is 1. The van der Waals surface area contributed by atoms with Crippen LogP contribution in [0.2, 0.25) is 5.02 Å². The van der Waals surface area contributed by atoms with Gasteiger partial charge in [0, 0.05) is 54.1 Å². The molecule has 0 saturated carbocycles. The summed E-state index contributed by atoms with van der Waals surface area (Å²) in [5, 5.41) is 3.99. The zero-order valence-corrected chi connectivity index (χ0v) is 19.3. The molecule has 0 spiro atoms. The van der Waals surface area contributed by atoms with E-state index in [1.165, 1.54) is 12.3 Å². The first-order valence-electron chi connectivity index (χ1n) is 10.5. The van der Waals surface area contributed by atoms with Gasteiger partial charge in [-0.05, 0) is 60.9 Å². The zero-order valence-electron chi connectivity index (χ0n) is 17.7. The van der Waals surface area contributed by atoms with Crippen LogP contribution in [0.5, 0.6) is 0 Å². The topological polar surface area (TPSA) is 62.3 Å². The Morgan fingerprint density at radius 2 is 1.84 bits per heavy atom. The Labute approximate surface area is 193 Å². The molecule has 4 rings (SSSR count). The average molecular weight is 474 g/mol. The lowest BCUT2D eigenvalue weighted by Gasteiger charge is -2.36. The summed E-state index contributed by atoms with van der Waals surface area (Å²) in [6, 6.07) is 15.4. The molecular formula is C24H25ClFN3O2S. The van der Waals surface area contributed by atoms with Crippen LogP contribution in [0, 0.1) is 5.82 Å². The van der Waals surface area contributed by atoms with Crippen LogP contribution in [0.3, 0.4) is 0 Å². The summed E-state index contributed by atoms with van der Waals surface area (Å²) in [6.45, 7) is 1.64. The molecule has 5 nitrogen and oxygen atoms in total. The molecule has 1 fully saturated rings. The second-order valence-electron chi connectivity index (χ2n) is 8.08. The molecule has 1 atom stereocenters. The average Bonchev–Trinajstić information content (AvgIpc) is 2.78. The van der Waals surface area contributed by atoms with Crippen molar-refractivity contribution in [3.8, 4) is 0 Å². The highest BCUT2D eigenvalue weighted by molar-refractivity contribution is 7.90. The maximum atomic E-state index is 14.7. The first-order valence-corrected chi connectivity index (χ1v) is 12.7. The van der Waals surface area contributed by atoms with Gasteiger partial charge in [0.1, 0.15) is 5.82 Å². The molecule has 2 aromatic carbocycles. The molecule has 1 aromatic heterocycles. The Morgan fingerprint density at radius 3 is 2.44 bits per heavy atom. The van der Waals surface area contributed by atoms with E-state index in [1.54, 1.807) is 36.7 Å². The highest BCUT2D eigenvalue weighted by atomic mass is 35.5. The number of nitrogens with one attached hydrogen (secondary N) is 1.